The molecule has 44 valence electrons. The van der Waals surface area contributed by atoms with Gasteiger partial charge in [0.25, 0.3) is 0 Å². The van der Waals surface area contributed by atoms with Gasteiger partial charge in [-0.3, -0.25) is 0 Å². The van der Waals surface area contributed by atoms with E-state index in [2.05, 4.69) is 38.2 Å². The van der Waals surface area contributed by atoms with Crippen LogP contribution in [-0.4, -0.2) is 0 Å². The molecule has 0 N–H and O–H groups in total. The van der Waals surface area contributed by atoms with E-state index in [0.29, 0.717) is 0 Å². The average molecular weight is 146 g/mol. The smallest absolute Gasteiger partial charge is 0.181 e. The summed E-state index contributed by atoms with van der Waals surface area (Å²) in [6.45, 7) is 4.38. The van der Waals surface area contributed by atoms with E-state index in [0.717, 1.165) is 0 Å². The molecule has 1 heteroatoms. The molecule has 0 aromatic rings. The van der Waals surface area contributed by atoms with E-state index in [1.807, 2.05) is 6.42 Å². The largest absolute Gasteiger partial charge is 1.00 e. The Kier molecular flexibility index (Phi) is 4.43. The summed E-state index contributed by atoms with van der Waals surface area (Å²) in [5.74, 6) is 0. The van der Waals surface area contributed by atoms with Gasteiger partial charge < -0.3 is 0 Å². The van der Waals surface area contributed by atoms with Gasteiger partial charge in [0.2, 0.25) is 0 Å². The number of allylic oxidation sites excluding steroid dienone is 4. The predicted molar refractivity (Wildman–Crippen MR) is 36.4 cm³/mol. The maximum atomic E-state index is 2.19. The standard InChI is InChI=1S/C8H11.K/c1-8(2)6-4-3-5-7-8;/h3-7H,1-2H3;/q-1;+1. The number of hydrogen-bond acceptors (Lipinski definition) is 0. The van der Waals surface area contributed by atoms with E-state index in [9.17, 15) is 0 Å². The molecule has 0 spiro atoms. The third kappa shape index (κ3) is 3.63. The van der Waals surface area contributed by atoms with Crippen LogP contribution in [0.25, 0.3) is 0 Å². The van der Waals surface area contributed by atoms with Crippen LogP contribution in [0.3, 0.4) is 0 Å². The first kappa shape index (κ1) is 9.99. The van der Waals surface area contributed by atoms with Crippen molar-refractivity contribution < 1.29 is 51.4 Å². The van der Waals surface area contributed by atoms with Gasteiger partial charge in [-0.2, -0.15) is 30.7 Å². The van der Waals surface area contributed by atoms with Gasteiger partial charge in [-0.1, -0.05) is 19.3 Å². The summed E-state index contributed by atoms with van der Waals surface area (Å²) in [4.78, 5) is 0. The van der Waals surface area contributed by atoms with Gasteiger partial charge in [-0.05, 0) is 0 Å². The van der Waals surface area contributed by atoms with Crippen LogP contribution < -0.4 is 51.4 Å². The summed E-state index contributed by atoms with van der Waals surface area (Å²) in [7, 11) is 0. The third-order valence-electron chi connectivity index (χ3n) is 1.27. The molecule has 0 atom stereocenters. The van der Waals surface area contributed by atoms with Crippen molar-refractivity contribution in [2.75, 3.05) is 0 Å². The van der Waals surface area contributed by atoms with Gasteiger partial charge >= 0.3 is 51.4 Å². The van der Waals surface area contributed by atoms with Crippen molar-refractivity contribution in [1.29, 1.82) is 0 Å². The van der Waals surface area contributed by atoms with Gasteiger partial charge in [-0.15, -0.1) is 0 Å². The molecule has 0 unspecified atom stereocenters. The molecule has 9 heavy (non-hydrogen) atoms. The van der Waals surface area contributed by atoms with Crippen molar-refractivity contribution in [3.8, 4) is 0 Å². The van der Waals surface area contributed by atoms with Crippen molar-refractivity contribution >= 4 is 0 Å². The maximum absolute atomic E-state index is 2.19. The molecule has 1 aliphatic carbocycles. The number of rotatable bonds is 0. The molecule has 1 rings (SSSR count). The molecule has 0 aromatic carbocycles. The Morgan fingerprint density at radius 2 is 1.56 bits per heavy atom. The molecule has 1 aliphatic rings. The summed E-state index contributed by atoms with van der Waals surface area (Å²) >= 11 is 0. The Morgan fingerprint density at radius 1 is 1.11 bits per heavy atom. The Morgan fingerprint density at radius 3 is 1.78 bits per heavy atom. The van der Waals surface area contributed by atoms with Crippen LogP contribution in [0, 0.1) is 11.8 Å². The summed E-state index contributed by atoms with van der Waals surface area (Å²) in [5, 5.41) is 0. The maximum Gasteiger partial charge on any atom is 1.00 e. The fourth-order valence-electron chi connectivity index (χ4n) is 0.727. The Bertz CT molecular complexity index is 118. The minimum Gasteiger partial charge on any atom is -0.181 e. The van der Waals surface area contributed by atoms with Crippen molar-refractivity contribution in [2.24, 2.45) is 5.41 Å². The minimum absolute atomic E-state index is 0. The van der Waals surface area contributed by atoms with Crippen LogP contribution in [0.5, 0.6) is 0 Å². The van der Waals surface area contributed by atoms with E-state index in [1.165, 1.54) is 0 Å². The van der Waals surface area contributed by atoms with Crippen LogP contribution in [0.2, 0.25) is 0 Å². The molecule has 0 saturated heterocycles. The van der Waals surface area contributed by atoms with Crippen molar-refractivity contribution in [1.82, 2.24) is 0 Å². The second-order valence-electron chi connectivity index (χ2n) is 2.73. The van der Waals surface area contributed by atoms with Crippen LogP contribution in [-0.2, 0) is 0 Å². The van der Waals surface area contributed by atoms with Crippen LogP contribution in [0.15, 0.2) is 24.3 Å². The Labute approximate surface area is 99.8 Å². The fraction of sp³-hybridized carbons (Fsp3) is 0.375. The summed E-state index contributed by atoms with van der Waals surface area (Å²) in [6.07, 6.45) is 10.6. The van der Waals surface area contributed by atoms with Crippen LogP contribution in [0.1, 0.15) is 13.8 Å². The summed E-state index contributed by atoms with van der Waals surface area (Å²) < 4.78 is 0. The second kappa shape index (κ2) is 3.99. The average Bonchev–Trinajstić information content (AvgIpc) is 1.65. The Hall–Kier alpha value is 0.986. The second-order valence-corrected chi connectivity index (χ2v) is 2.73. The summed E-state index contributed by atoms with van der Waals surface area (Å²) in [5.41, 5.74) is 0.286. The quantitative estimate of drug-likeness (QED) is 0.315. The molecule has 0 heterocycles. The van der Waals surface area contributed by atoms with Gasteiger partial charge in [0.15, 0.2) is 0 Å². The zero-order chi connectivity index (χ0) is 6.04. The molecule has 0 fully saturated rings. The molecule has 0 bridgehead atoms. The topological polar surface area (TPSA) is 0 Å². The van der Waals surface area contributed by atoms with E-state index >= 15 is 0 Å². The molecular formula is C8H11K. The van der Waals surface area contributed by atoms with Crippen molar-refractivity contribution in [3.63, 3.8) is 0 Å². The molecule has 0 aliphatic heterocycles. The van der Waals surface area contributed by atoms with Gasteiger partial charge in [0.1, 0.15) is 0 Å². The SMILES string of the molecule is CC1(C)C=C[CH-]C=C1.[K+]. The van der Waals surface area contributed by atoms with Crippen molar-refractivity contribution in [3.05, 3.63) is 30.7 Å². The Balaban J connectivity index is 0.000000640. The van der Waals surface area contributed by atoms with Gasteiger partial charge in [0.05, 0.1) is 0 Å². The van der Waals surface area contributed by atoms with Crippen molar-refractivity contribution in [2.45, 2.75) is 13.8 Å². The predicted octanol–water partition coefficient (Wildman–Crippen LogP) is -0.653. The first-order valence-corrected chi connectivity index (χ1v) is 2.91. The fourth-order valence-corrected chi connectivity index (χ4v) is 0.727. The molecular weight excluding hydrogens is 135 g/mol. The first-order chi connectivity index (χ1) is 3.71. The molecule has 0 amide bonds. The molecule has 0 saturated carbocycles. The zero-order valence-corrected chi connectivity index (χ0v) is 9.51. The monoisotopic (exact) mass is 146 g/mol. The van der Waals surface area contributed by atoms with E-state index in [-0.39, 0.29) is 56.8 Å². The minimum atomic E-state index is 0. The molecule has 0 nitrogen and oxygen atoms in total. The zero-order valence-electron chi connectivity index (χ0n) is 6.39. The van der Waals surface area contributed by atoms with Crippen LogP contribution >= 0.6 is 0 Å². The molecule has 0 aromatic heterocycles. The van der Waals surface area contributed by atoms with E-state index < -0.39 is 0 Å². The van der Waals surface area contributed by atoms with E-state index in [1.54, 1.807) is 0 Å². The van der Waals surface area contributed by atoms with Gasteiger partial charge in [0, 0.05) is 0 Å². The van der Waals surface area contributed by atoms with Gasteiger partial charge in [-0.25, -0.2) is 0 Å². The van der Waals surface area contributed by atoms with E-state index in [4.69, 9.17) is 0 Å². The van der Waals surface area contributed by atoms with Crippen LogP contribution in [0.4, 0.5) is 0 Å². The summed E-state index contributed by atoms with van der Waals surface area (Å²) in [6, 6.07) is 0. The first-order valence-electron chi connectivity index (χ1n) is 2.91. The number of hydrogen-bond donors (Lipinski definition) is 0. The third-order valence-corrected chi connectivity index (χ3v) is 1.27. The normalized spacial score (nSPS) is 20.2. The molecule has 0 radical (unpaired) electrons.